The summed E-state index contributed by atoms with van der Waals surface area (Å²) in [6.45, 7) is 1.91. The van der Waals surface area contributed by atoms with Gasteiger partial charge in [0.15, 0.2) is 0 Å². The first kappa shape index (κ1) is 9.89. The fourth-order valence-corrected chi connectivity index (χ4v) is 2.12. The van der Waals surface area contributed by atoms with Crippen molar-refractivity contribution in [2.75, 3.05) is 11.1 Å². The molecule has 86 valence electrons. The number of carbonyl (C=O) groups is 1. The van der Waals surface area contributed by atoms with Crippen LogP contribution in [-0.2, 0) is 11.2 Å². The topological polar surface area (TPSA) is 72.9 Å². The zero-order chi connectivity index (χ0) is 12.0. The molecule has 0 saturated carbocycles. The number of fused-ring (bicyclic) bond motifs is 1. The van der Waals surface area contributed by atoms with E-state index >= 15 is 0 Å². The van der Waals surface area contributed by atoms with Crippen molar-refractivity contribution in [1.29, 1.82) is 0 Å². The van der Waals surface area contributed by atoms with Gasteiger partial charge in [0.05, 0.1) is 17.8 Å². The Bertz CT molecular complexity index is 615. The average molecular weight is 228 g/mol. The van der Waals surface area contributed by atoms with Crippen LogP contribution in [0.1, 0.15) is 11.4 Å². The smallest absolute Gasteiger partial charge is 0.228 e. The highest BCUT2D eigenvalue weighted by atomic mass is 16.1. The number of carbonyl (C=O) groups excluding carboxylic acids is 1. The third kappa shape index (κ3) is 1.47. The van der Waals surface area contributed by atoms with Crippen molar-refractivity contribution in [3.05, 3.63) is 35.9 Å². The van der Waals surface area contributed by atoms with Crippen molar-refractivity contribution >= 4 is 17.3 Å². The number of imidazole rings is 1. The molecule has 3 N–H and O–H groups in total. The fraction of sp³-hybridized carbons (Fsp3) is 0.167. The van der Waals surface area contributed by atoms with Crippen molar-refractivity contribution in [2.24, 2.45) is 0 Å². The Morgan fingerprint density at radius 3 is 3.00 bits per heavy atom. The Labute approximate surface area is 98.3 Å². The monoisotopic (exact) mass is 228 g/mol. The van der Waals surface area contributed by atoms with E-state index in [0.717, 1.165) is 22.8 Å². The maximum absolute atomic E-state index is 11.3. The maximum Gasteiger partial charge on any atom is 0.228 e. The van der Waals surface area contributed by atoms with Gasteiger partial charge in [-0.05, 0) is 24.6 Å². The van der Waals surface area contributed by atoms with Crippen LogP contribution >= 0.6 is 0 Å². The van der Waals surface area contributed by atoms with Crippen molar-refractivity contribution in [3.63, 3.8) is 0 Å². The highest BCUT2D eigenvalue weighted by Gasteiger charge is 2.20. The van der Waals surface area contributed by atoms with E-state index in [1.54, 1.807) is 6.20 Å². The molecular formula is C12H12N4O. The van der Waals surface area contributed by atoms with E-state index in [0.29, 0.717) is 12.1 Å². The van der Waals surface area contributed by atoms with E-state index < -0.39 is 0 Å². The summed E-state index contributed by atoms with van der Waals surface area (Å²) in [7, 11) is 0. The maximum atomic E-state index is 11.3. The van der Waals surface area contributed by atoms with Crippen LogP contribution in [-0.4, -0.2) is 15.5 Å². The Morgan fingerprint density at radius 1 is 1.47 bits per heavy atom. The van der Waals surface area contributed by atoms with E-state index in [-0.39, 0.29) is 5.91 Å². The third-order valence-corrected chi connectivity index (χ3v) is 2.96. The van der Waals surface area contributed by atoms with Gasteiger partial charge in [0.1, 0.15) is 5.82 Å². The fourth-order valence-electron chi connectivity index (χ4n) is 2.12. The van der Waals surface area contributed by atoms with Crippen LogP contribution in [0.25, 0.3) is 5.69 Å². The zero-order valence-electron chi connectivity index (χ0n) is 9.40. The van der Waals surface area contributed by atoms with Crippen LogP contribution in [0.5, 0.6) is 0 Å². The van der Waals surface area contributed by atoms with E-state index in [4.69, 9.17) is 5.73 Å². The van der Waals surface area contributed by atoms with Gasteiger partial charge in [-0.15, -0.1) is 0 Å². The van der Waals surface area contributed by atoms with Crippen LogP contribution in [0.2, 0.25) is 0 Å². The van der Waals surface area contributed by atoms with Crippen LogP contribution in [0, 0.1) is 6.92 Å². The normalized spacial score (nSPS) is 13.6. The lowest BCUT2D eigenvalue weighted by Crippen LogP contribution is -2.04. The molecule has 0 aliphatic carbocycles. The molecule has 0 fully saturated rings. The first-order chi connectivity index (χ1) is 8.15. The molecule has 0 bridgehead atoms. The van der Waals surface area contributed by atoms with Crippen molar-refractivity contribution in [3.8, 4) is 5.69 Å². The van der Waals surface area contributed by atoms with Gasteiger partial charge < -0.3 is 15.6 Å². The van der Waals surface area contributed by atoms with Crippen LogP contribution in [0.3, 0.4) is 0 Å². The molecule has 0 atom stereocenters. The average Bonchev–Trinajstić information content (AvgIpc) is 2.82. The molecule has 2 aromatic rings. The second-order valence-electron chi connectivity index (χ2n) is 4.14. The predicted molar refractivity (Wildman–Crippen MR) is 65.0 cm³/mol. The first-order valence-electron chi connectivity index (χ1n) is 5.38. The lowest BCUT2D eigenvalue weighted by molar-refractivity contribution is -0.115. The van der Waals surface area contributed by atoms with Crippen molar-refractivity contribution in [1.82, 2.24) is 9.55 Å². The highest BCUT2D eigenvalue weighted by molar-refractivity contribution is 6.00. The number of hydrogen-bond donors (Lipinski definition) is 2. The first-order valence-corrected chi connectivity index (χ1v) is 5.38. The molecule has 1 aromatic heterocycles. The number of rotatable bonds is 1. The summed E-state index contributed by atoms with van der Waals surface area (Å²) in [5.74, 6) is 0.875. The van der Waals surface area contributed by atoms with Crippen molar-refractivity contribution in [2.45, 2.75) is 13.3 Å². The largest absolute Gasteiger partial charge is 0.397 e. The van der Waals surface area contributed by atoms with Gasteiger partial charge in [0.2, 0.25) is 5.91 Å². The van der Waals surface area contributed by atoms with E-state index in [1.807, 2.05) is 29.8 Å². The number of aromatic nitrogens is 2. The molecule has 3 rings (SSSR count). The molecule has 5 heteroatoms. The molecule has 0 unspecified atom stereocenters. The summed E-state index contributed by atoms with van der Waals surface area (Å²) in [4.78, 5) is 15.5. The molecular weight excluding hydrogens is 216 g/mol. The molecule has 1 amide bonds. The van der Waals surface area contributed by atoms with Gasteiger partial charge in [-0.2, -0.15) is 0 Å². The Morgan fingerprint density at radius 2 is 2.29 bits per heavy atom. The Kier molecular flexibility index (Phi) is 1.95. The second-order valence-corrected chi connectivity index (χ2v) is 4.14. The minimum absolute atomic E-state index is 0.0129. The lowest BCUT2D eigenvalue weighted by Gasteiger charge is -2.10. The number of nitrogens with two attached hydrogens (primary N) is 1. The Hall–Kier alpha value is -2.30. The molecule has 0 saturated heterocycles. The van der Waals surface area contributed by atoms with E-state index in [9.17, 15) is 4.79 Å². The van der Waals surface area contributed by atoms with E-state index in [1.165, 1.54) is 0 Å². The van der Waals surface area contributed by atoms with Gasteiger partial charge in [0.25, 0.3) is 0 Å². The number of nitrogens with zero attached hydrogens (tertiary/aromatic N) is 2. The van der Waals surface area contributed by atoms with Crippen molar-refractivity contribution < 1.29 is 4.79 Å². The van der Waals surface area contributed by atoms with Gasteiger partial charge >= 0.3 is 0 Å². The number of amides is 1. The van der Waals surface area contributed by atoms with Gasteiger partial charge in [-0.3, -0.25) is 4.79 Å². The minimum Gasteiger partial charge on any atom is -0.397 e. The number of anilines is 2. The highest BCUT2D eigenvalue weighted by Crippen LogP contribution is 2.30. The number of hydrogen-bond acceptors (Lipinski definition) is 3. The van der Waals surface area contributed by atoms with E-state index in [2.05, 4.69) is 10.3 Å². The summed E-state index contributed by atoms with van der Waals surface area (Å²) in [5.41, 5.74) is 9.31. The standard InChI is InChI=1S/C12H12N4O/c1-7-14-2-3-16(7)11-6-10-8(4-9(11)13)5-12(17)15-10/h2-4,6H,5,13H2,1H3,(H,15,17). The summed E-state index contributed by atoms with van der Waals surface area (Å²) in [5, 5.41) is 2.82. The summed E-state index contributed by atoms with van der Waals surface area (Å²) < 4.78 is 1.90. The minimum atomic E-state index is 0.0129. The number of nitrogens with one attached hydrogen (secondary N) is 1. The number of nitrogen functional groups attached to an aromatic ring is 1. The molecule has 0 radical (unpaired) electrons. The number of aryl methyl sites for hydroxylation is 1. The third-order valence-electron chi connectivity index (χ3n) is 2.96. The summed E-state index contributed by atoms with van der Waals surface area (Å²) in [6, 6.07) is 3.74. The molecule has 1 aromatic carbocycles. The Balaban J connectivity index is 2.17. The quantitative estimate of drug-likeness (QED) is 0.721. The number of benzene rings is 1. The zero-order valence-corrected chi connectivity index (χ0v) is 9.40. The molecule has 17 heavy (non-hydrogen) atoms. The van der Waals surface area contributed by atoms with Gasteiger partial charge in [0, 0.05) is 18.1 Å². The van der Waals surface area contributed by atoms with Gasteiger partial charge in [-0.25, -0.2) is 4.98 Å². The molecule has 1 aliphatic rings. The van der Waals surface area contributed by atoms with Crippen LogP contribution in [0.4, 0.5) is 11.4 Å². The predicted octanol–water partition coefficient (Wildman–Crippen LogP) is 1.26. The lowest BCUT2D eigenvalue weighted by atomic mass is 10.1. The molecule has 0 spiro atoms. The van der Waals surface area contributed by atoms with Crippen LogP contribution in [0.15, 0.2) is 24.5 Å². The van der Waals surface area contributed by atoms with Crippen LogP contribution < -0.4 is 11.1 Å². The summed E-state index contributed by atoms with van der Waals surface area (Å²) >= 11 is 0. The molecule has 2 heterocycles. The molecule has 1 aliphatic heterocycles. The molecule has 5 nitrogen and oxygen atoms in total. The summed E-state index contributed by atoms with van der Waals surface area (Å²) in [6.07, 6.45) is 3.98. The SMILES string of the molecule is Cc1nccn1-c1cc2c(cc1N)CC(=O)N2. The second kappa shape index (κ2) is 3.35. The van der Waals surface area contributed by atoms with Gasteiger partial charge in [-0.1, -0.05) is 0 Å².